The molecule has 2 aromatic heterocycles. The number of amides is 1. The number of nitrogens with zero attached hydrogens (tertiary/aromatic N) is 5. The van der Waals surface area contributed by atoms with Crippen molar-refractivity contribution < 1.29 is 4.79 Å². The van der Waals surface area contributed by atoms with Crippen molar-refractivity contribution in [3.8, 4) is 11.3 Å². The number of carbonyl (C=O) groups is 1. The Hall–Kier alpha value is -2.73. The molecule has 0 bridgehead atoms. The summed E-state index contributed by atoms with van der Waals surface area (Å²) in [5.74, 6) is 0.0798. The lowest BCUT2D eigenvalue weighted by molar-refractivity contribution is 0.0625. The minimum absolute atomic E-state index is 0.0798. The highest BCUT2D eigenvalue weighted by atomic mass is 16.2. The van der Waals surface area contributed by atoms with Crippen LogP contribution in [0, 0.1) is 12.3 Å². The SMILES string of the molecule is Cc1nn(C)c2nc(-c3ccccc3)cc(C(=O)N3CCN(CCC(C)(C)C)CC3)c12. The van der Waals surface area contributed by atoms with Crippen molar-refractivity contribution in [2.45, 2.75) is 34.1 Å². The molecule has 1 aliphatic heterocycles. The molecule has 0 radical (unpaired) electrons. The summed E-state index contributed by atoms with van der Waals surface area (Å²) < 4.78 is 1.78. The number of rotatable bonds is 4. The molecule has 0 atom stereocenters. The number of hydrogen-bond acceptors (Lipinski definition) is 4. The minimum Gasteiger partial charge on any atom is -0.336 e. The molecule has 0 N–H and O–H groups in total. The number of piperazine rings is 1. The maximum Gasteiger partial charge on any atom is 0.254 e. The van der Waals surface area contributed by atoms with E-state index in [-0.39, 0.29) is 5.91 Å². The van der Waals surface area contributed by atoms with Gasteiger partial charge in [0, 0.05) is 38.8 Å². The van der Waals surface area contributed by atoms with E-state index < -0.39 is 0 Å². The minimum atomic E-state index is 0.0798. The molecule has 31 heavy (non-hydrogen) atoms. The van der Waals surface area contributed by atoms with E-state index in [1.165, 1.54) is 6.42 Å². The van der Waals surface area contributed by atoms with E-state index in [0.717, 1.165) is 60.7 Å². The van der Waals surface area contributed by atoms with Crippen LogP contribution >= 0.6 is 0 Å². The zero-order chi connectivity index (χ0) is 22.2. The standard InChI is InChI=1S/C25H33N5O/c1-18-22-20(24(31)30-15-13-29(14-16-30)12-11-25(2,3)4)17-21(19-9-7-6-8-10-19)26-23(22)28(5)27-18/h6-10,17H,11-16H2,1-5H3. The van der Waals surface area contributed by atoms with Crippen LogP contribution in [0.2, 0.25) is 0 Å². The van der Waals surface area contributed by atoms with Gasteiger partial charge < -0.3 is 4.90 Å². The van der Waals surface area contributed by atoms with E-state index in [1.807, 2.05) is 55.3 Å². The number of aryl methyl sites for hydroxylation is 2. The van der Waals surface area contributed by atoms with Crippen LogP contribution in [0.25, 0.3) is 22.3 Å². The van der Waals surface area contributed by atoms with Gasteiger partial charge in [0.05, 0.1) is 22.3 Å². The fourth-order valence-electron chi connectivity index (χ4n) is 4.21. The lowest BCUT2D eigenvalue weighted by Crippen LogP contribution is -2.49. The van der Waals surface area contributed by atoms with E-state index in [0.29, 0.717) is 11.0 Å². The Bertz CT molecular complexity index is 1070. The lowest BCUT2D eigenvalue weighted by atomic mass is 9.92. The van der Waals surface area contributed by atoms with E-state index in [4.69, 9.17) is 4.98 Å². The second-order valence-corrected chi connectivity index (χ2v) is 9.77. The number of pyridine rings is 1. The van der Waals surface area contributed by atoms with Crippen LogP contribution in [0.5, 0.6) is 0 Å². The van der Waals surface area contributed by atoms with E-state index >= 15 is 0 Å². The zero-order valence-corrected chi connectivity index (χ0v) is 19.4. The zero-order valence-electron chi connectivity index (χ0n) is 19.4. The van der Waals surface area contributed by atoms with E-state index in [1.54, 1.807) is 4.68 Å². The molecule has 0 saturated carbocycles. The molecule has 1 amide bonds. The molecule has 1 fully saturated rings. The molecular weight excluding hydrogens is 386 g/mol. The highest BCUT2D eigenvalue weighted by Crippen LogP contribution is 2.28. The van der Waals surface area contributed by atoms with Gasteiger partial charge in [-0.25, -0.2) is 4.98 Å². The summed E-state index contributed by atoms with van der Waals surface area (Å²) in [6.07, 6.45) is 1.17. The topological polar surface area (TPSA) is 54.3 Å². The van der Waals surface area contributed by atoms with Gasteiger partial charge in [-0.3, -0.25) is 14.4 Å². The quantitative estimate of drug-likeness (QED) is 0.638. The van der Waals surface area contributed by atoms with Crippen molar-refractivity contribution in [2.24, 2.45) is 12.5 Å². The third-order valence-corrected chi connectivity index (χ3v) is 6.11. The van der Waals surface area contributed by atoms with Gasteiger partial charge in [-0.05, 0) is 31.4 Å². The molecule has 0 unspecified atom stereocenters. The highest BCUT2D eigenvalue weighted by Gasteiger charge is 2.26. The summed E-state index contributed by atoms with van der Waals surface area (Å²) >= 11 is 0. The third kappa shape index (κ3) is 4.64. The van der Waals surface area contributed by atoms with Gasteiger partial charge in [-0.15, -0.1) is 0 Å². The maximum atomic E-state index is 13.6. The highest BCUT2D eigenvalue weighted by molar-refractivity contribution is 6.07. The smallest absolute Gasteiger partial charge is 0.254 e. The van der Waals surface area contributed by atoms with Crippen molar-refractivity contribution in [3.63, 3.8) is 0 Å². The van der Waals surface area contributed by atoms with E-state index in [2.05, 4.69) is 30.8 Å². The van der Waals surface area contributed by atoms with Gasteiger partial charge >= 0.3 is 0 Å². The molecular formula is C25H33N5O. The molecule has 3 aromatic rings. The van der Waals surface area contributed by atoms with Crippen molar-refractivity contribution in [1.82, 2.24) is 24.6 Å². The normalized spacial score (nSPS) is 15.6. The first kappa shape index (κ1) is 21.5. The summed E-state index contributed by atoms with van der Waals surface area (Å²) in [4.78, 5) is 22.9. The van der Waals surface area contributed by atoms with Gasteiger partial charge in [0.25, 0.3) is 5.91 Å². The predicted molar refractivity (Wildman–Crippen MR) is 125 cm³/mol. The summed E-state index contributed by atoms with van der Waals surface area (Å²) in [5, 5.41) is 5.41. The van der Waals surface area contributed by atoms with Gasteiger partial charge in [0.1, 0.15) is 0 Å². The van der Waals surface area contributed by atoms with E-state index in [9.17, 15) is 4.79 Å². The second kappa shape index (κ2) is 8.42. The maximum absolute atomic E-state index is 13.6. The summed E-state index contributed by atoms with van der Waals surface area (Å²) in [5.41, 5.74) is 4.45. The Morgan fingerprint density at radius 1 is 1.06 bits per heavy atom. The van der Waals surface area contributed by atoms with Crippen LogP contribution in [0.4, 0.5) is 0 Å². The Morgan fingerprint density at radius 2 is 1.74 bits per heavy atom. The molecule has 0 spiro atoms. The largest absolute Gasteiger partial charge is 0.336 e. The fourth-order valence-corrected chi connectivity index (χ4v) is 4.21. The van der Waals surface area contributed by atoms with Crippen LogP contribution in [-0.4, -0.2) is 63.2 Å². The third-order valence-electron chi connectivity index (χ3n) is 6.11. The Labute approximate surface area is 184 Å². The van der Waals surface area contributed by atoms with Crippen molar-refractivity contribution >= 4 is 16.9 Å². The molecule has 6 heteroatoms. The van der Waals surface area contributed by atoms with Gasteiger partial charge in [-0.2, -0.15) is 5.10 Å². The molecule has 6 nitrogen and oxygen atoms in total. The molecule has 1 aliphatic rings. The molecule has 1 aromatic carbocycles. The monoisotopic (exact) mass is 419 g/mol. The number of aromatic nitrogens is 3. The van der Waals surface area contributed by atoms with Gasteiger partial charge in [0.15, 0.2) is 5.65 Å². The van der Waals surface area contributed by atoms with Crippen LogP contribution in [0.3, 0.4) is 0 Å². The van der Waals surface area contributed by atoms with Crippen LogP contribution in [0.15, 0.2) is 36.4 Å². The first-order valence-electron chi connectivity index (χ1n) is 11.1. The van der Waals surface area contributed by atoms with Crippen molar-refractivity contribution in [3.05, 3.63) is 47.7 Å². The fraction of sp³-hybridized carbons (Fsp3) is 0.480. The Balaban J connectivity index is 1.61. The van der Waals surface area contributed by atoms with Crippen molar-refractivity contribution in [2.75, 3.05) is 32.7 Å². The Morgan fingerprint density at radius 3 is 2.39 bits per heavy atom. The number of benzene rings is 1. The lowest BCUT2D eigenvalue weighted by Gasteiger charge is -2.36. The molecule has 0 aliphatic carbocycles. The first-order chi connectivity index (χ1) is 14.7. The molecule has 164 valence electrons. The number of carbonyl (C=O) groups excluding carboxylic acids is 1. The summed E-state index contributed by atoms with van der Waals surface area (Å²) in [6, 6.07) is 12.0. The average molecular weight is 420 g/mol. The molecule has 1 saturated heterocycles. The summed E-state index contributed by atoms with van der Waals surface area (Å²) in [7, 11) is 1.89. The van der Waals surface area contributed by atoms with Gasteiger partial charge in [-0.1, -0.05) is 51.1 Å². The Kier molecular flexibility index (Phi) is 5.84. The predicted octanol–water partition coefficient (Wildman–Crippen LogP) is 4.14. The number of hydrogen-bond donors (Lipinski definition) is 0. The molecule has 4 rings (SSSR count). The van der Waals surface area contributed by atoms with Crippen LogP contribution in [0.1, 0.15) is 43.2 Å². The van der Waals surface area contributed by atoms with Crippen LogP contribution in [-0.2, 0) is 7.05 Å². The van der Waals surface area contributed by atoms with Crippen LogP contribution < -0.4 is 0 Å². The summed E-state index contributed by atoms with van der Waals surface area (Å²) in [6.45, 7) is 13.2. The number of fused-ring (bicyclic) bond motifs is 1. The van der Waals surface area contributed by atoms with Gasteiger partial charge in [0.2, 0.25) is 0 Å². The average Bonchev–Trinajstić information content (AvgIpc) is 3.05. The molecule has 3 heterocycles. The first-order valence-corrected chi connectivity index (χ1v) is 11.1. The second-order valence-electron chi connectivity index (χ2n) is 9.77. The van der Waals surface area contributed by atoms with Crippen molar-refractivity contribution in [1.29, 1.82) is 0 Å².